The number of halogens is 1. The number of carbonyl (C=O) groups excluding carboxylic acids is 1. The van der Waals surface area contributed by atoms with Crippen LogP contribution in [0, 0.1) is 0 Å². The van der Waals surface area contributed by atoms with Crippen molar-refractivity contribution in [3.63, 3.8) is 0 Å². The maximum Gasteiger partial charge on any atom is 0.242 e. The first-order chi connectivity index (χ1) is 5.65. The van der Waals surface area contributed by atoms with Crippen molar-refractivity contribution in [1.29, 1.82) is 0 Å². The van der Waals surface area contributed by atoms with Crippen LogP contribution in [0.25, 0.3) is 0 Å². The molecule has 0 radical (unpaired) electrons. The predicted octanol–water partition coefficient (Wildman–Crippen LogP) is -0.860. The van der Waals surface area contributed by atoms with Gasteiger partial charge in [0.2, 0.25) is 5.91 Å². The van der Waals surface area contributed by atoms with Crippen LogP contribution >= 0.6 is 0 Å². The Morgan fingerprint density at radius 2 is 2.42 bits per heavy atom. The maximum absolute atomic E-state index is 12.3. The minimum absolute atomic E-state index is 0.177. The summed E-state index contributed by atoms with van der Waals surface area (Å²) >= 11 is 0. The molecule has 1 amide bonds. The van der Waals surface area contributed by atoms with Gasteiger partial charge in [0.1, 0.15) is 12.2 Å². The number of ether oxygens (including phenoxy) is 1. The average molecular weight is 176 g/mol. The first kappa shape index (κ1) is 9.41. The molecule has 0 aromatic rings. The van der Waals surface area contributed by atoms with Gasteiger partial charge in [-0.1, -0.05) is 0 Å². The van der Waals surface area contributed by atoms with Gasteiger partial charge in [-0.25, -0.2) is 4.39 Å². The molecule has 4 nitrogen and oxygen atoms in total. The fraction of sp³-hybridized carbons (Fsp3) is 0.857. The zero-order valence-electron chi connectivity index (χ0n) is 7.00. The Kier molecular flexibility index (Phi) is 2.99. The number of carbonyl (C=O) groups is 1. The fourth-order valence-corrected chi connectivity index (χ4v) is 1.09. The molecule has 1 fully saturated rings. The number of amides is 1. The van der Waals surface area contributed by atoms with Crippen LogP contribution in [-0.2, 0) is 9.53 Å². The normalized spacial score (nSPS) is 20.4. The minimum atomic E-state index is -0.872. The zero-order chi connectivity index (χ0) is 9.14. The van der Waals surface area contributed by atoms with Crippen molar-refractivity contribution < 1.29 is 13.9 Å². The van der Waals surface area contributed by atoms with E-state index in [0.29, 0.717) is 0 Å². The molecule has 0 aliphatic carbocycles. The molecule has 5 heteroatoms. The summed E-state index contributed by atoms with van der Waals surface area (Å²) < 4.78 is 17.0. The van der Waals surface area contributed by atoms with Gasteiger partial charge in [-0.2, -0.15) is 0 Å². The number of rotatable bonds is 3. The van der Waals surface area contributed by atoms with Crippen LogP contribution in [0.1, 0.15) is 0 Å². The van der Waals surface area contributed by atoms with Crippen LogP contribution in [0.4, 0.5) is 4.39 Å². The molecule has 0 unspecified atom stereocenters. The largest absolute Gasteiger partial charge is 0.383 e. The van der Waals surface area contributed by atoms with Crippen molar-refractivity contribution in [2.45, 2.75) is 12.2 Å². The third-order valence-electron chi connectivity index (χ3n) is 1.81. The smallest absolute Gasteiger partial charge is 0.242 e. The molecule has 0 bridgehead atoms. The Morgan fingerprint density at radius 3 is 2.83 bits per heavy atom. The summed E-state index contributed by atoms with van der Waals surface area (Å²) in [5, 5.41) is 0. The lowest BCUT2D eigenvalue weighted by Crippen LogP contribution is -2.57. The molecule has 70 valence electrons. The molecule has 1 atom stereocenters. The lowest BCUT2D eigenvalue weighted by molar-refractivity contribution is -0.140. The highest BCUT2D eigenvalue weighted by Gasteiger charge is 2.32. The summed E-state index contributed by atoms with van der Waals surface area (Å²) in [6, 6.07) is -0.650. The Bertz CT molecular complexity index is 164. The second-order valence-corrected chi connectivity index (χ2v) is 2.90. The van der Waals surface area contributed by atoms with E-state index in [1.807, 2.05) is 0 Å². The molecule has 0 aromatic heterocycles. The van der Waals surface area contributed by atoms with Crippen LogP contribution in [0.3, 0.4) is 0 Å². The summed E-state index contributed by atoms with van der Waals surface area (Å²) in [4.78, 5) is 12.6. The van der Waals surface area contributed by atoms with Crippen LogP contribution in [0.5, 0.6) is 0 Å². The third kappa shape index (κ3) is 1.92. The van der Waals surface area contributed by atoms with Crippen molar-refractivity contribution >= 4 is 5.91 Å². The predicted molar refractivity (Wildman–Crippen MR) is 41.3 cm³/mol. The Morgan fingerprint density at radius 1 is 1.83 bits per heavy atom. The van der Waals surface area contributed by atoms with Crippen molar-refractivity contribution in [1.82, 2.24) is 4.90 Å². The van der Waals surface area contributed by atoms with Gasteiger partial charge in [-0.3, -0.25) is 4.79 Å². The maximum atomic E-state index is 12.3. The average Bonchev–Trinajstić information content (AvgIpc) is 1.98. The Hall–Kier alpha value is -0.680. The number of likely N-dealkylation sites (tertiary alicyclic amines) is 1. The standard InChI is InChI=1S/C7H13FN2O2/c1-12-4-6(9)7(11)10-2-5(8)3-10/h5-6H,2-4,9H2,1H3/t6-/m1/s1. The highest BCUT2D eigenvalue weighted by molar-refractivity contribution is 5.82. The van der Waals surface area contributed by atoms with Gasteiger partial charge >= 0.3 is 0 Å². The van der Waals surface area contributed by atoms with Crippen molar-refractivity contribution in [2.75, 3.05) is 26.8 Å². The van der Waals surface area contributed by atoms with Crippen LogP contribution in [0.2, 0.25) is 0 Å². The Labute approximate surface area is 70.5 Å². The second kappa shape index (κ2) is 3.82. The molecule has 0 spiro atoms. The molecule has 0 aromatic carbocycles. The second-order valence-electron chi connectivity index (χ2n) is 2.90. The third-order valence-corrected chi connectivity index (χ3v) is 1.81. The molecular weight excluding hydrogens is 163 g/mol. The quantitative estimate of drug-likeness (QED) is 0.608. The van der Waals surface area contributed by atoms with E-state index in [1.54, 1.807) is 0 Å². The van der Waals surface area contributed by atoms with E-state index in [2.05, 4.69) is 0 Å². The van der Waals surface area contributed by atoms with E-state index < -0.39 is 12.2 Å². The van der Waals surface area contributed by atoms with Gasteiger partial charge in [0, 0.05) is 7.11 Å². The van der Waals surface area contributed by atoms with E-state index in [0.717, 1.165) is 0 Å². The summed E-state index contributed by atoms with van der Waals surface area (Å²) in [6.45, 7) is 0.540. The lowest BCUT2D eigenvalue weighted by atomic mass is 10.1. The Balaban J connectivity index is 2.28. The van der Waals surface area contributed by atoms with Crippen LogP contribution < -0.4 is 5.73 Å². The molecule has 1 aliphatic rings. The number of nitrogens with two attached hydrogens (primary N) is 1. The van der Waals surface area contributed by atoms with Crippen LogP contribution in [-0.4, -0.2) is 49.8 Å². The van der Waals surface area contributed by atoms with E-state index >= 15 is 0 Å². The van der Waals surface area contributed by atoms with E-state index in [1.165, 1.54) is 12.0 Å². The highest BCUT2D eigenvalue weighted by Crippen LogP contribution is 2.11. The summed E-state index contributed by atoms with van der Waals surface area (Å²) in [5.41, 5.74) is 5.44. The number of hydrogen-bond acceptors (Lipinski definition) is 3. The topological polar surface area (TPSA) is 55.6 Å². The molecule has 12 heavy (non-hydrogen) atoms. The lowest BCUT2D eigenvalue weighted by Gasteiger charge is -2.35. The number of methoxy groups -OCH3 is 1. The van der Waals surface area contributed by atoms with Gasteiger partial charge in [0.25, 0.3) is 0 Å². The number of hydrogen-bond donors (Lipinski definition) is 1. The number of alkyl halides is 1. The van der Waals surface area contributed by atoms with Gasteiger partial charge in [-0.05, 0) is 0 Å². The van der Waals surface area contributed by atoms with E-state index in [9.17, 15) is 9.18 Å². The van der Waals surface area contributed by atoms with Crippen molar-refractivity contribution in [3.05, 3.63) is 0 Å². The van der Waals surface area contributed by atoms with Gasteiger partial charge in [0.15, 0.2) is 0 Å². The van der Waals surface area contributed by atoms with E-state index in [-0.39, 0.29) is 25.6 Å². The molecule has 2 N–H and O–H groups in total. The van der Waals surface area contributed by atoms with Crippen molar-refractivity contribution in [3.8, 4) is 0 Å². The van der Waals surface area contributed by atoms with Gasteiger partial charge in [0.05, 0.1) is 19.7 Å². The molecular formula is C7H13FN2O2. The number of nitrogens with zero attached hydrogens (tertiary/aromatic N) is 1. The summed E-state index contributed by atoms with van der Waals surface area (Å²) in [6.07, 6.45) is -0.872. The molecule has 1 aliphatic heterocycles. The molecule has 1 saturated heterocycles. The van der Waals surface area contributed by atoms with E-state index in [4.69, 9.17) is 10.5 Å². The summed E-state index contributed by atoms with van der Waals surface area (Å²) in [5.74, 6) is -0.231. The van der Waals surface area contributed by atoms with Crippen LogP contribution in [0.15, 0.2) is 0 Å². The fourth-order valence-electron chi connectivity index (χ4n) is 1.09. The zero-order valence-corrected chi connectivity index (χ0v) is 7.00. The van der Waals surface area contributed by atoms with Crippen molar-refractivity contribution in [2.24, 2.45) is 5.73 Å². The SMILES string of the molecule is COC[C@@H](N)C(=O)N1CC(F)C1. The molecule has 0 saturated carbocycles. The van der Waals surface area contributed by atoms with Gasteiger partial charge < -0.3 is 15.4 Å². The van der Waals surface area contributed by atoms with Gasteiger partial charge in [-0.15, -0.1) is 0 Å². The first-order valence-electron chi connectivity index (χ1n) is 3.82. The highest BCUT2D eigenvalue weighted by atomic mass is 19.1. The monoisotopic (exact) mass is 176 g/mol. The minimum Gasteiger partial charge on any atom is -0.383 e. The molecule has 1 heterocycles. The summed E-state index contributed by atoms with van der Waals surface area (Å²) in [7, 11) is 1.47. The first-order valence-corrected chi connectivity index (χ1v) is 3.82. The molecule has 1 rings (SSSR count).